The Kier molecular flexibility index (Phi) is 18.9. The van der Waals surface area contributed by atoms with Crippen molar-refractivity contribution in [3.8, 4) is 17.1 Å². The number of rotatable bonds is 12. The third-order valence-corrected chi connectivity index (χ3v) is 27.3. The monoisotopic (exact) mass is 1660 g/mol. The fraction of sp³-hybridized carbons (Fsp3) is 0.197. The van der Waals surface area contributed by atoms with Crippen molar-refractivity contribution in [3.05, 3.63) is 385 Å². The van der Waals surface area contributed by atoms with Gasteiger partial charge in [0.05, 0.1) is 90.0 Å². The first-order valence-electron chi connectivity index (χ1n) is 45.7. The van der Waals surface area contributed by atoms with Gasteiger partial charge in [0.2, 0.25) is 0 Å². The second kappa shape index (κ2) is 29.9. The molecule has 0 saturated heterocycles. The number of aromatic nitrogens is 3. The molecule has 0 unspecified atom stereocenters. The van der Waals surface area contributed by atoms with E-state index >= 15 is 0 Å². The van der Waals surface area contributed by atoms with Gasteiger partial charge in [-0.2, -0.15) is 0 Å². The molecular formula is C122H112N6. The van der Waals surface area contributed by atoms with E-state index in [1.54, 1.807) is 0 Å². The van der Waals surface area contributed by atoms with Crippen LogP contribution in [0.1, 0.15) is 158 Å². The first-order valence-corrected chi connectivity index (χ1v) is 45.7. The summed E-state index contributed by atoms with van der Waals surface area (Å²) in [5.41, 5.74) is 27.0. The molecule has 0 radical (unpaired) electrons. The average Bonchev–Trinajstić information content (AvgIpc) is 1.57. The molecule has 3 aromatic heterocycles. The maximum atomic E-state index is 2.59. The van der Waals surface area contributed by atoms with E-state index in [4.69, 9.17) is 0 Å². The van der Waals surface area contributed by atoms with Gasteiger partial charge in [-0.15, -0.1) is 0 Å². The Bertz CT molecular complexity index is 7510. The lowest BCUT2D eigenvalue weighted by molar-refractivity contribution is 0.590. The second-order valence-electron chi connectivity index (χ2n) is 41.9. The van der Waals surface area contributed by atoms with Gasteiger partial charge >= 0.3 is 0 Å². The number of fused-ring (bicyclic) bond motifs is 14. The summed E-state index contributed by atoms with van der Waals surface area (Å²) in [7, 11) is 0. The van der Waals surface area contributed by atoms with E-state index in [1.165, 1.54) is 98.8 Å². The largest absolute Gasteiger partial charge is 0.310 e. The first-order chi connectivity index (χ1) is 61.3. The molecule has 6 nitrogen and oxygen atoms in total. The van der Waals surface area contributed by atoms with Crippen LogP contribution in [0.25, 0.3) is 136 Å². The van der Waals surface area contributed by atoms with E-state index in [0.717, 1.165) is 122 Å². The number of anilines is 9. The lowest BCUT2D eigenvalue weighted by atomic mass is 9.85. The fourth-order valence-corrected chi connectivity index (χ4v) is 20.2. The number of nitrogens with zero attached hydrogens (tertiary/aromatic N) is 6. The fourth-order valence-electron chi connectivity index (χ4n) is 20.2. The van der Waals surface area contributed by atoms with Gasteiger partial charge in [-0.1, -0.05) is 319 Å². The van der Waals surface area contributed by atoms with Crippen LogP contribution in [0, 0.1) is 0 Å². The standard InChI is InChI=1S/C122H112N6/c1-117(2,3)80-48-58-111-98(68-80)99-69-81(118(4,5)6)49-59-112(99)124(111)87-56-54-86(55-57-87)123(104-45-29-35-77-32-19-22-38-91(77)104)88-74-89(125(105-46-30-36-78-33-20-23-39-92(78)105)107-64-66-109(96-43-27-25-41-94(96)107)127-113-60-50-82(119(7,8)9)70-100(113)101-71-83(120(10,11)12)51-61-114(101)127)76-90(75-88)126(106-47-31-37-79-34-21-24-40-93(79)106)108-65-67-110(97-44-28-26-42-95(97)108)128-115-62-52-84(121(13,14)15)72-102(115)103-73-85(122(16,17)18)53-63-116(103)128/h19-76H,1-18H3. The molecule has 18 aromatic carbocycles. The highest BCUT2D eigenvalue weighted by atomic mass is 15.2. The number of benzene rings is 18. The molecule has 0 bridgehead atoms. The molecule has 0 saturated carbocycles. The second-order valence-corrected chi connectivity index (χ2v) is 41.9. The molecule has 21 rings (SSSR count). The van der Waals surface area contributed by atoms with E-state index in [2.05, 4.69) is 505 Å². The maximum absolute atomic E-state index is 2.59. The molecule has 3 heterocycles. The summed E-state index contributed by atoms with van der Waals surface area (Å²) >= 11 is 0. The summed E-state index contributed by atoms with van der Waals surface area (Å²) in [6.45, 7) is 41.9. The van der Waals surface area contributed by atoms with Gasteiger partial charge in [0.1, 0.15) is 0 Å². The summed E-state index contributed by atoms with van der Waals surface area (Å²) in [5, 5.41) is 18.8. The predicted octanol–water partition coefficient (Wildman–Crippen LogP) is 34.9. The van der Waals surface area contributed by atoms with Gasteiger partial charge in [0.25, 0.3) is 0 Å². The molecule has 128 heavy (non-hydrogen) atoms. The van der Waals surface area contributed by atoms with Crippen LogP contribution >= 0.6 is 0 Å². The van der Waals surface area contributed by atoms with E-state index in [0.29, 0.717) is 0 Å². The van der Waals surface area contributed by atoms with Gasteiger partial charge in [-0.05, 0) is 240 Å². The Morgan fingerprint density at radius 2 is 0.398 bits per heavy atom. The summed E-state index contributed by atoms with van der Waals surface area (Å²) < 4.78 is 7.58. The van der Waals surface area contributed by atoms with Crippen LogP contribution < -0.4 is 14.7 Å². The van der Waals surface area contributed by atoms with Crippen LogP contribution in [-0.2, 0) is 32.5 Å². The summed E-state index contributed by atoms with van der Waals surface area (Å²) in [6.07, 6.45) is 0. The average molecular weight is 1660 g/mol. The van der Waals surface area contributed by atoms with Crippen molar-refractivity contribution < 1.29 is 0 Å². The molecule has 0 aliphatic heterocycles. The third kappa shape index (κ3) is 13.7. The highest BCUT2D eigenvalue weighted by Gasteiger charge is 2.32. The molecule has 0 aliphatic carbocycles. The molecule has 0 aliphatic rings. The van der Waals surface area contributed by atoms with Crippen molar-refractivity contribution in [3.63, 3.8) is 0 Å². The molecule has 21 aromatic rings. The third-order valence-electron chi connectivity index (χ3n) is 27.3. The van der Waals surface area contributed by atoms with Gasteiger partial charge in [-0.3, -0.25) is 0 Å². The highest BCUT2D eigenvalue weighted by Crippen LogP contribution is 2.54. The minimum Gasteiger partial charge on any atom is -0.310 e. The van der Waals surface area contributed by atoms with Crippen molar-refractivity contribution in [2.75, 3.05) is 14.7 Å². The Balaban J connectivity index is 0.867. The van der Waals surface area contributed by atoms with Gasteiger partial charge in [0, 0.05) is 81.4 Å². The zero-order valence-corrected chi connectivity index (χ0v) is 77.2. The Hall–Kier alpha value is -13.9. The van der Waals surface area contributed by atoms with Crippen LogP contribution in [0.15, 0.2) is 352 Å². The normalized spacial score (nSPS) is 12.8. The molecule has 0 atom stereocenters. The van der Waals surface area contributed by atoms with Crippen LogP contribution in [0.2, 0.25) is 0 Å². The van der Waals surface area contributed by atoms with E-state index in [1.807, 2.05) is 0 Å². The smallest absolute Gasteiger partial charge is 0.0542 e. The minimum atomic E-state index is -0.0621. The van der Waals surface area contributed by atoms with E-state index in [9.17, 15) is 0 Å². The van der Waals surface area contributed by atoms with Gasteiger partial charge < -0.3 is 28.4 Å². The lowest BCUT2D eigenvalue weighted by Crippen LogP contribution is -2.17. The van der Waals surface area contributed by atoms with Crippen molar-refractivity contribution >= 4 is 170 Å². The SMILES string of the molecule is CC(C)(C)c1ccc2c(c1)c1cc(C(C)(C)C)ccc1n2-c1ccc(N(c2cc(N(c3cccc4ccccc34)c3ccc(-n4c5ccc(C(C)(C)C)cc5c5cc(C(C)(C)C)ccc54)c4ccccc34)cc(N(c3cccc4ccccc34)c3ccc(-n4c5ccc(C(C)(C)C)cc5c5cc(C(C)(C)C)ccc54)c4ccccc34)c2)c2cccc3ccccc23)cc1. The summed E-state index contributed by atoms with van der Waals surface area (Å²) in [6, 6.07) is 135. The van der Waals surface area contributed by atoms with Crippen molar-refractivity contribution in [1.29, 1.82) is 0 Å². The Labute approximate surface area is 753 Å². The van der Waals surface area contributed by atoms with Crippen molar-refractivity contribution in [1.82, 2.24) is 13.7 Å². The number of hydrogen-bond donors (Lipinski definition) is 0. The Morgan fingerprint density at radius 3 is 0.688 bits per heavy atom. The molecule has 0 N–H and O–H groups in total. The molecule has 0 spiro atoms. The van der Waals surface area contributed by atoms with Crippen LogP contribution in [0.4, 0.5) is 51.2 Å². The zero-order valence-electron chi connectivity index (χ0n) is 77.2. The van der Waals surface area contributed by atoms with Crippen molar-refractivity contribution in [2.45, 2.75) is 157 Å². The summed E-state index contributed by atoms with van der Waals surface area (Å²) in [5.74, 6) is 0. The maximum Gasteiger partial charge on any atom is 0.0542 e. The predicted molar refractivity (Wildman–Crippen MR) is 553 cm³/mol. The molecular weight excluding hydrogens is 1550 g/mol. The Morgan fingerprint density at radius 1 is 0.164 bits per heavy atom. The van der Waals surface area contributed by atoms with Gasteiger partial charge in [0.15, 0.2) is 0 Å². The number of hydrogen-bond acceptors (Lipinski definition) is 3. The van der Waals surface area contributed by atoms with Gasteiger partial charge in [-0.25, -0.2) is 0 Å². The molecule has 0 amide bonds. The molecule has 630 valence electrons. The highest BCUT2D eigenvalue weighted by molar-refractivity contribution is 6.17. The lowest BCUT2D eigenvalue weighted by Gasteiger charge is -2.35. The van der Waals surface area contributed by atoms with Crippen LogP contribution in [0.3, 0.4) is 0 Å². The van der Waals surface area contributed by atoms with Crippen molar-refractivity contribution in [2.24, 2.45) is 0 Å². The molecule has 6 heteroatoms. The van der Waals surface area contributed by atoms with Crippen LogP contribution in [0.5, 0.6) is 0 Å². The van der Waals surface area contributed by atoms with Crippen LogP contribution in [-0.4, -0.2) is 13.7 Å². The first kappa shape index (κ1) is 81.1. The quantitative estimate of drug-likeness (QED) is 0.122. The summed E-state index contributed by atoms with van der Waals surface area (Å²) in [4.78, 5) is 7.71. The molecule has 0 fully saturated rings. The van der Waals surface area contributed by atoms with E-state index < -0.39 is 0 Å². The topological polar surface area (TPSA) is 24.5 Å². The zero-order chi connectivity index (χ0) is 88.6. The van der Waals surface area contributed by atoms with E-state index in [-0.39, 0.29) is 32.5 Å². The minimum absolute atomic E-state index is 0.0471.